The minimum absolute atomic E-state index is 0.215. The van der Waals surface area contributed by atoms with E-state index in [-0.39, 0.29) is 5.92 Å². The van der Waals surface area contributed by atoms with E-state index in [4.69, 9.17) is 0 Å². The normalized spacial score (nSPS) is 29.1. The Morgan fingerprint density at radius 3 is 2.33 bits per heavy atom. The first-order valence-electron chi connectivity index (χ1n) is 4.72. The van der Waals surface area contributed by atoms with Crippen LogP contribution in [0, 0.1) is 5.92 Å². The Hall–Kier alpha value is -0.300. The lowest BCUT2D eigenvalue weighted by Crippen LogP contribution is -2.32. The van der Waals surface area contributed by atoms with E-state index in [1.807, 2.05) is 6.92 Å². The average Bonchev–Trinajstić information content (AvgIpc) is 2.00. The molecule has 0 radical (unpaired) electrons. The van der Waals surface area contributed by atoms with Crippen LogP contribution in [0.5, 0.6) is 0 Å². The molecule has 2 atom stereocenters. The van der Waals surface area contributed by atoms with Crippen LogP contribution in [0.15, 0.2) is 0 Å². The van der Waals surface area contributed by atoms with Gasteiger partial charge in [-0.15, -0.1) is 0 Å². The Kier molecular flexibility index (Phi) is 3.65. The maximum atomic E-state index is 12.0. The topological polar surface area (TPSA) is 43.4 Å². The maximum Gasteiger partial charge on any atom is 0.523 e. The first kappa shape index (κ1) is 12.8. The van der Waals surface area contributed by atoms with Gasteiger partial charge in [0.2, 0.25) is 0 Å². The fourth-order valence-corrected chi connectivity index (χ4v) is 2.34. The van der Waals surface area contributed by atoms with Crippen molar-refractivity contribution < 1.29 is 25.8 Å². The van der Waals surface area contributed by atoms with E-state index < -0.39 is 21.7 Å². The fraction of sp³-hybridized carbons (Fsp3) is 1.00. The highest BCUT2D eigenvalue weighted by Crippen LogP contribution is 2.31. The summed E-state index contributed by atoms with van der Waals surface area (Å²) in [5.74, 6) is 0.215. The lowest BCUT2D eigenvalue weighted by molar-refractivity contribution is -0.0591. The summed E-state index contributed by atoms with van der Waals surface area (Å²) in [5.41, 5.74) is -5.31. The van der Waals surface area contributed by atoms with Crippen molar-refractivity contribution in [1.82, 2.24) is 0 Å². The van der Waals surface area contributed by atoms with E-state index in [1.165, 1.54) is 0 Å². The quantitative estimate of drug-likeness (QED) is 0.555. The highest BCUT2D eigenvalue weighted by Gasteiger charge is 2.48. The second-order valence-corrected chi connectivity index (χ2v) is 5.45. The van der Waals surface area contributed by atoms with Crippen LogP contribution >= 0.6 is 0 Å². The van der Waals surface area contributed by atoms with Crippen molar-refractivity contribution in [2.75, 3.05) is 0 Å². The number of halogens is 3. The molecule has 0 aromatic carbocycles. The van der Waals surface area contributed by atoms with E-state index >= 15 is 0 Å². The summed E-state index contributed by atoms with van der Waals surface area (Å²) in [6.45, 7) is 1.87. The van der Waals surface area contributed by atoms with Crippen LogP contribution in [0.1, 0.15) is 32.6 Å². The summed E-state index contributed by atoms with van der Waals surface area (Å²) in [4.78, 5) is 0. The van der Waals surface area contributed by atoms with Crippen LogP contribution in [-0.2, 0) is 14.3 Å². The molecule has 0 aliphatic heterocycles. The first-order valence-corrected chi connectivity index (χ1v) is 6.13. The van der Waals surface area contributed by atoms with Gasteiger partial charge in [0.15, 0.2) is 0 Å². The van der Waals surface area contributed by atoms with E-state index in [2.05, 4.69) is 4.18 Å². The van der Waals surface area contributed by atoms with Crippen LogP contribution in [0.3, 0.4) is 0 Å². The molecule has 0 bridgehead atoms. The van der Waals surface area contributed by atoms with Gasteiger partial charge in [-0.2, -0.15) is 21.6 Å². The molecule has 1 aliphatic carbocycles. The molecular formula is C8H13F3O3S. The third-order valence-electron chi connectivity index (χ3n) is 2.43. The molecule has 1 aliphatic rings. The van der Waals surface area contributed by atoms with Crippen molar-refractivity contribution in [3.63, 3.8) is 0 Å². The van der Waals surface area contributed by atoms with Crippen LogP contribution in [0.2, 0.25) is 0 Å². The summed E-state index contributed by atoms with van der Waals surface area (Å²) in [6.07, 6.45) is 1.54. The standard InChI is InChI=1S/C8H13F3O3S/c1-6-3-2-4-7(5-6)14-15(12,13)8(9,10)11/h6-7H,2-5H2,1H3. The minimum Gasteiger partial charge on any atom is -0.260 e. The molecule has 7 heteroatoms. The third-order valence-corrected chi connectivity index (χ3v) is 3.53. The van der Waals surface area contributed by atoms with E-state index in [1.54, 1.807) is 0 Å². The van der Waals surface area contributed by atoms with Gasteiger partial charge in [0.05, 0.1) is 6.10 Å². The molecule has 0 spiro atoms. The highest BCUT2D eigenvalue weighted by molar-refractivity contribution is 7.87. The van der Waals surface area contributed by atoms with Crippen LogP contribution in [0.25, 0.3) is 0 Å². The molecular weight excluding hydrogens is 233 g/mol. The highest BCUT2D eigenvalue weighted by atomic mass is 32.2. The zero-order valence-corrected chi connectivity index (χ0v) is 9.07. The average molecular weight is 246 g/mol. The van der Waals surface area contributed by atoms with Gasteiger partial charge in [0.1, 0.15) is 0 Å². The fourth-order valence-electron chi connectivity index (χ4n) is 1.70. The van der Waals surface area contributed by atoms with Crippen LogP contribution in [-0.4, -0.2) is 20.0 Å². The van der Waals surface area contributed by atoms with E-state index in [0.717, 1.165) is 6.42 Å². The Morgan fingerprint density at radius 1 is 1.27 bits per heavy atom. The number of hydrogen-bond acceptors (Lipinski definition) is 3. The first-order chi connectivity index (χ1) is 6.72. The molecule has 0 aromatic heterocycles. The second kappa shape index (κ2) is 4.29. The van der Waals surface area contributed by atoms with Crippen molar-refractivity contribution in [1.29, 1.82) is 0 Å². The zero-order valence-electron chi connectivity index (χ0n) is 8.25. The molecule has 2 unspecified atom stereocenters. The SMILES string of the molecule is CC1CCCC(OS(=O)(=O)C(F)(F)F)C1. The maximum absolute atomic E-state index is 12.0. The zero-order chi connectivity index (χ0) is 11.7. The van der Waals surface area contributed by atoms with E-state index in [0.29, 0.717) is 19.3 Å². The lowest BCUT2D eigenvalue weighted by atomic mass is 9.89. The van der Waals surface area contributed by atoms with Gasteiger partial charge in [0.25, 0.3) is 0 Å². The molecule has 15 heavy (non-hydrogen) atoms. The molecule has 1 saturated carbocycles. The van der Waals surface area contributed by atoms with E-state index in [9.17, 15) is 21.6 Å². The summed E-state index contributed by atoms with van der Waals surface area (Å²) in [6, 6.07) is 0. The Balaban J connectivity index is 2.62. The molecule has 0 heterocycles. The van der Waals surface area contributed by atoms with Crippen molar-refractivity contribution in [3.8, 4) is 0 Å². The van der Waals surface area contributed by atoms with Crippen molar-refractivity contribution in [2.24, 2.45) is 5.92 Å². The third kappa shape index (κ3) is 3.34. The van der Waals surface area contributed by atoms with Crippen molar-refractivity contribution in [3.05, 3.63) is 0 Å². The number of rotatable bonds is 2. The predicted octanol–water partition coefficient (Wildman–Crippen LogP) is 2.43. The summed E-state index contributed by atoms with van der Waals surface area (Å²) >= 11 is 0. The van der Waals surface area contributed by atoms with Crippen LogP contribution < -0.4 is 0 Å². The monoisotopic (exact) mass is 246 g/mol. The Morgan fingerprint density at radius 2 is 1.87 bits per heavy atom. The van der Waals surface area contributed by atoms with Gasteiger partial charge in [-0.3, -0.25) is 4.18 Å². The molecule has 1 fully saturated rings. The Labute approximate surface area is 86.7 Å². The number of alkyl halides is 3. The van der Waals surface area contributed by atoms with Gasteiger partial charge < -0.3 is 0 Å². The molecule has 0 saturated heterocycles. The molecule has 90 valence electrons. The molecule has 0 aromatic rings. The van der Waals surface area contributed by atoms with Crippen molar-refractivity contribution >= 4 is 10.1 Å². The molecule has 0 amide bonds. The number of hydrogen-bond donors (Lipinski definition) is 0. The molecule has 1 rings (SSSR count). The van der Waals surface area contributed by atoms with Gasteiger partial charge in [-0.1, -0.05) is 19.8 Å². The summed E-state index contributed by atoms with van der Waals surface area (Å²) < 4.78 is 61.4. The predicted molar refractivity (Wildman–Crippen MR) is 47.5 cm³/mol. The molecule has 3 nitrogen and oxygen atoms in total. The van der Waals surface area contributed by atoms with Gasteiger partial charge in [-0.05, 0) is 18.8 Å². The smallest absolute Gasteiger partial charge is 0.260 e. The Bertz CT molecular complexity index is 310. The largest absolute Gasteiger partial charge is 0.523 e. The van der Waals surface area contributed by atoms with Gasteiger partial charge in [-0.25, -0.2) is 0 Å². The second-order valence-electron chi connectivity index (χ2n) is 3.89. The molecule has 0 N–H and O–H groups in total. The minimum atomic E-state index is -5.42. The van der Waals surface area contributed by atoms with Gasteiger partial charge in [0, 0.05) is 0 Å². The van der Waals surface area contributed by atoms with Gasteiger partial charge >= 0.3 is 15.6 Å². The van der Waals surface area contributed by atoms with Crippen LogP contribution in [0.4, 0.5) is 13.2 Å². The summed E-state index contributed by atoms with van der Waals surface area (Å²) in [5, 5.41) is 0. The summed E-state index contributed by atoms with van der Waals surface area (Å²) in [7, 11) is -5.42. The van der Waals surface area contributed by atoms with Crippen molar-refractivity contribution in [2.45, 2.75) is 44.2 Å². The lowest BCUT2D eigenvalue weighted by Gasteiger charge is -2.26.